The molecule has 0 spiro atoms. The van der Waals surface area contributed by atoms with Gasteiger partial charge in [-0.05, 0) is 40.4 Å². The predicted molar refractivity (Wildman–Crippen MR) is 112 cm³/mol. The number of benzene rings is 4. The quantitative estimate of drug-likeness (QED) is 0.319. The highest BCUT2D eigenvalue weighted by molar-refractivity contribution is 9.10. The van der Waals surface area contributed by atoms with Crippen LogP contribution in [0.25, 0.3) is 43.7 Å². The zero-order chi connectivity index (χ0) is 17.7. The van der Waals surface area contributed by atoms with Crippen LogP contribution in [0.2, 0.25) is 0 Å². The van der Waals surface area contributed by atoms with Crippen molar-refractivity contribution in [1.29, 1.82) is 0 Å². The average molecular weight is 400 g/mol. The molecule has 0 radical (unpaired) electrons. The van der Waals surface area contributed by atoms with Crippen LogP contribution in [0.1, 0.15) is 0 Å². The van der Waals surface area contributed by atoms with E-state index in [1.165, 1.54) is 5.39 Å². The molecule has 0 aliphatic rings. The maximum absolute atomic E-state index is 10.7. The normalized spacial score (nSPS) is 11.4. The van der Waals surface area contributed by atoms with Crippen molar-refractivity contribution in [2.45, 2.75) is 0 Å². The van der Waals surface area contributed by atoms with Gasteiger partial charge >= 0.3 is 0 Å². The van der Waals surface area contributed by atoms with E-state index < -0.39 is 0 Å². The number of rotatable bonds is 1. The highest BCUT2D eigenvalue weighted by atomic mass is 79.9. The van der Waals surface area contributed by atoms with Crippen molar-refractivity contribution in [1.82, 2.24) is 4.98 Å². The molecule has 0 fully saturated rings. The number of nitrogens with zero attached hydrogens (tertiary/aromatic N) is 1. The fourth-order valence-corrected chi connectivity index (χ4v) is 3.89. The van der Waals surface area contributed by atoms with Crippen LogP contribution in [-0.2, 0) is 0 Å². The zero-order valence-corrected chi connectivity index (χ0v) is 15.4. The number of halogens is 1. The summed E-state index contributed by atoms with van der Waals surface area (Å²) < 4.78 is 1.02. The van der Waals surface area contributed by atoms with Gasteiger partial charge in [0.25, 0.3) is 0 Å². The average Bonchev–Trinajstić information content (AvgIpc) is 2.68. The van der Waals surface area contributed by atoms with Gasteiger partial charge in [0.2, 0.25) is 0 Å². The largest absolute Gasteiger partial charge is 0.507 e. The SMILES string of the molecule is Oc1cccc2c1c(-c1ccc(Br)cc1)nc1ccc3ccccc3c12. The molecule has 0 atom stereocenters. The minimum atomic E-state index is 0.253. The van der Waals surface area contributed by atoms with E-state index in [0.717, 1.165) is 42.8 Å². The Balaban J connectivity index is 2.01. The summed E-state index contributed by atoms with van der Waals surface area (Å²) in [6, 6.07) is 26.2. The van der Waals surface area contributed by atoms with E-state index in [1.807, 2.05) is 42.5 Å². The fourth-order valence-electron chi connectivity index (χ4n) is 3.63. The second kappa shape index (κ2) is 5.82. The van der Waals surface area contributed by atoms with Crippen molar-refractivity contribution in [3.8, 4) is 17.0 Å². The van der Waals surface area contributed by atoms with Crippen LogP contribution in [0.3, 0.4) is 0 Å². The Bertz CT molecular complexity index is 1290. The maximum Gasteiger partial charge on any atom is 0.125 e. The molecule has 1 N–H and O–H groups in total. The smallest absolute Gasteiger partial charge is 0.125 e. The lowest BCUT2D eigenvalue weighted by Gasteiger charge is -2.13. The molecule has 2 nitrogen and oxygen atoms in total. The van der Waals surface area contributed by atoms with Crippen LogP contribution in [-0.4, -0.2) is 10.1 Å². The first kappa shape index (κ1) is 15.4. The van der Waals surface area contributed by atoms with Gasteiger partial charge in [0.15, 0.2) is 0 Å². The highest BCUT2D eigenvalue weighted by Crippen LogP contribution is 2.40. The van der Waals surface area contributed by atoms with Gasteiger partial charge in [-0.1, -0.05) is 70.5 Å². The summed E-state index contributed by atoms with van der Waals surface area (Å²) >= 11 is 3.48. The number of pyridine rings is 1. The van der Waals surface area contributed by atoms with Gasteiger partial charge in [0.05, 0.1) is 16.6 Å². The van der Waals surface area contributed by atoms with Crippen molar-refractivity contribution in [3.63, 3.8) is 0 Å². The number of phenols is 1. The molecule has 4 aromatic carbocycles. The molecule has 3 heteroatoms. The third kappa shape index (κ3) is 2.28. The predicted octanol–water partition coefficient (Wildman–Crippen LogP) is 6.68. The number of hydrogen-bond donors (Lipinski definition) is 1. The summed E-state index contributed by atoms with van der Waals surface area (Å²) in [7, 11) is 0. The Labute approximate surface area is 158 Å². The Morgan fingerprint density at radius 3 is 2.31 bits per heavy atom. The van der Waals surface area contributed by atoms with Gasteiger partial charge in [-0.25, -0.2) is 4.98 Å². The number of phenolic OH excluding ortho intramolecular Hbond substituents is 1. The molecule has 0 aliphatic carbocycles. The molecule has 1 heterocycles. The molecular formula is C23H14BrNO. The third-order valence-electron chi connectivity index (χ3n) is 4.81. The lowest BCUT2D eigenvalue weighted by Crippen LogP contribution is -1.91. The van der Waals surface area contributed by atoms with Gasteiger partial charge in [-0.15, -0.1) is 0 Å². The monoisotopic (exact) mass is 399 g/mol. The molecule has 0 amide bonds. The van der Waals surface area contributed by atoms with E-state index in [4.69, 9.17) is 4.98 Å². The molecule has 5 rings (SSSR count). The lowest BCUT2D eigenvalue weighted by molar-refractivity contribution is 0.482. The first-order chi connectivity index (χ1) is 12.7. The van der Waals surface area contributed by atoms with Crippen molar-refractivity contribution in [2.75, 3.05) is 0 Å². The van der Waals surface area contributed by atoms with E-state index >= 15 is 0 Å². The number of fused-ring (bicyclic) bond motifs is 5. The van der Waals surface area contributed by atoms with Crippen LogP contribution >= 0.6 is 15.9 Å². The van der Waals surface area contributed by atoms with Crippen LogP contribution < -0.4 is 0 Å². The van der Waals surface area contributed by atoms with E-state index in [9.17, 15) is 5.11 Å². The second-order valence-electron chi connectivity index (χ2n) is 6.35. The third-order valence-corrected chi connectivity index (χ3v) is 5.33. The molecule has 124 valence electrons. The molecule has 0 bridgehead atoms. The Hall–Kier alpha value is -2.91. The Morgan fingerprint density at radius 2 is 1.46 bits per heavy atom. The van der Waals surface area contributed by atoms with Gasteiger partial charge in [-0.2, -0.15) is 0 Å². The molecule has 1 aromatic heterocycles. The van der Waals surface area contributed by atoms with Crippen LogP contribution in [0, 0.1) is 0 Å². The van der Waals surface area contributed by atoms with E-state index in [2.05, 4.69) is 46.3 Å². The summed E-state index contributed by atoms with van der Waals surface area (Å²) in [6.45, 7) is 0. The molecule has 0 saturated carbocycles. The first-order valence-corrected chi connectivity index (χ1v) is 9.21. The molecule has 0 saturated heterocycles. The fraction of sp³-hybridized carbons (Fsp3) is 0. The van der Waals surface area contributed by atoms with Crippen molar-refractivity contribution >= 4 is 48.4 Å². The molecular weight excluding hydrogens is 386 g/mol. The number of aromatic hydroxyl groups is 1. The summed E-state index contributed by atoms with van der Waals surface area (Å²) in [5, 5.41) is 15.9. The highest BCUT2D eigenvalue weighted by Gasteiger charge is 2.15. The maximum atomic E-state index is 10.7. The minimum Gasteiger partial charge on any atom is -0.507 e. The van der Waals surface area contributed by atoms with Crippen molar-refractivity contribution < 1.29 is 5.11 Å². The van der Waals surface area contributed by atoms with Crippen LogP contribution in [0.4, 0.5) is 0 Å². The molecule has 5 aromatic rings. The molecule has 0 unspecified atom stereocenters. The second-order valence-corrected chi connectivity index (χ2v) is 7.26. The minimum absolute atomic E-state index is 0.253. The van der Waals surface area contributed by atoms with Crippen LogP contribution in [0.15, 0.2) is 83.3 Å². The lowest BCUT2D eigenvalue weighted by atomic mass is 9.96. The summed E-state index contributed by atoms with van der Waals surface area (Å²) in [4.78, 5) is 4.94. The zero-order valence-electron chi connectivity index (χ0n) is 13.8. The van der Waals surface area contributed by atoms with Crippen molar-refractivity contribution in [3.05, 3.63) is 83.3 Å². The van der Waals surface area contributed by atoms with Crippen LogP contribution in [0.5, 0.6) is 5.75 Å². The topological polar surface area (TPSA) is 33.1 Å². The van der Waals surface area contributed by atoms with Gasteiger partial charge < -0.3 is 5.11 Å². The van der Waals surface area contributed by atoms with Gasteiger partial charge in [0, 0.05) is 15.4 Å². The summed E-state index contributed by atoms with van der Waals surface area (Å²) in [6.07, 6.45) is 0. The van der Waals surface area contributed by atoms with Crippen molar-refractivity contribution in [2.24, 2.45) is 0 Å². The van der Waals surface area contributed by atoms with Gasteiger partial charge in [0.1, 0.15) is 5.75 Å². The standard InChI is InChI=1S/C23H14BrNO/c24-16-11-8-15(9-12-16)23-22-18(6-3-7-20(22)26)21-17-5-2-1-4-14(17)10-13-19(21)25-23/h1-13,26H. The van der Waals surface area contributed by atoms with Gasteiger partial charge in [-0.3, -0.25) is 0 Å². The van der Waals surface area contributed by atoms with E-state index in [0.29, 0.717) is 0 Å². The van der Waals surface area contributed by atoms with E-state index in [1.54, 1.807) is 6.07 Å². The Kier molecular flexibility index (Phi) is 3.44. The molecule has 26 heavy (non-hydrogen) atoms. The number of hydrogen-bond acceptors (Lipinski definition) is 2. The van der Waals surface area contributed by atoms with E-state index in [-0.39, 0.29) is 5.75 Å². The summed E-state index contributed by atoms with van der Waals surface area (Å²) in [5.41, 5.74) is 2.71. The Morgan fingerprint density at radius 1 is 0.692 bits per heavy atom. The number of aromatic nitrogens is 1. The molecule has 0 aliphatic heterocycles. The summed E-state index contributed by atoms with van der Waals surface area (Å²) in [5.74, 6) is 0.253. The first-order valence-electron chi connectivity index (χ1n) is 8.41.